The zero-order valence-corrected chi connectivity index (χ0v) is 8.08. The second-order valence-electron chi connectivity index (χ2n) is 5.04. The van der Waals surface area contributed by atoms with E-state index < -0.39 is 0 Å². The van der Waals surface area contributed by atoms with E-state index in [9.17, 15) is 0 Å². The molecule has 2 aliphatic carbocycles. The molecule has 0 N–H and O–H groups in total. The molecule has 4 bridgehead atoms. The summed E-state index contributed by atoms with van der Waals surface area (Å²) in [5, 5.41) is 17.7. The molecule has 4 heterocycles. The van der Waals surface area contributed by atoms with Crippen LogP contribution in [0.2, 0.25) is 0 Å². The molecule has 2 fully saturated rings. The molecular weight excluding hydrogens is 176 g/mol. The number of rotatable bonds is 0. The maximum atomic E-state index is 4.42. The van der Waals surface area contributed by atoms with Gasteiger partial charge in [-0.3, -0.25) is 0 Å². The third-order valence-corrected chi connectivity index (χ3v) is 4.46. The molecule has 6 aliphatic rings. The zero-order chi connectivity index (χ0) is 9.12. The molecule has 2 saturated carbocycles. The predicted octanol–water partition coefficient (Wildman–Crippen LogP) is 2.21. The van der Waals surface area contributed by atoms with E-state index in [4.69, 9.17) is 0 Å². The van der Waals surface area contributed by atoms with Crippen molar-refractivity contribution in [1.29, 1.82) is 0 Å². The van der Waals surface area contributed by atoms with Gasteiger partial charge < -0.3 is 0 Å². The molecule has 0 aromatic rings. The molecule has 4 heteroatoms. The Morgan fingerprint density at radius 3 is 1.00 bits per heavy atom. The van der Waals surface area contributed by atoms with Crippen molar-refractivity contribution in [3.63, 3.8) is 0 Å². The standard InChI is InChI=1S/C10H14N4/c1-2-6-10-8-4-3-7(13-14-8)9(10)5(1)11-12-6/h5-10H,1-4H2/t5-,6+,7+,8-,9?,10?. The summed E-state index contributed by atoms with van der Waals surface area (Å²) in [7, 11) is 0. The van der Waals surface area contributed by atoms with Crippen LogP contribution in [0.25, 0.3) is 0 Å². The number of hydrogen-bond donors (Lipinski definition) is 0. The Balaban J connectivity index is 1.82. The molecule has 2 unspecified atom stereocenters. The van der Waals surface area contributed by atoms with Crippen LogP contribution >= 0.6 is 0 Å². The molecule has 0 radical (unpaired) electrons. The van der Waals surface area contributed by atoms with E-state index in [0.29, 0.717) is 36.0 Å². The molecule has 4 nitrogen and oxygen atoms in total. The molecule has 0 aromatic carbocycles. The summed E-state index contributed by atoms with van der Waals surface area (Å²) in [6, 6.07) is 1.93. The molecular formula is C10H14N4. The lowest BCUT2D eigenvalue weighted by Crippen LogP contribution is -2.56. The molecule has 0 amide bonds. The van der Waals surface area contributed by atoms with Gasteiger partial charge in [-0.05, 0) is 25.7 Å². The van der Waals surface area contributed by atoms with E-state index >= 15 is 0 Å². The largest absolute Gasteiger partial charge is 0.190 e. The average Bonchev–Trinajstić information content (AvgIpc) is 2.32. The molecule has 0 aromatic heterocycles. The molecule has 74 valence electrons. The van der Waals surface area contributed by atoms with Crippen LogP contribution in [-0.4, -0.2) is 24.2 Å². The van der Waals surface area contributed by atoms with E-state index in [1.54, 1.807) is 0 Å². The Hall–Kier alpha value is -0.800. The highest BCUT2D eigenvalue weighted by Crippen LogP contribution is 2.50. The Kier molecular flexibility index (Phi) is 1.29. The van der Waals surface area contributed by atoms with Gasteiger partial charge in [0.2, 0.25) is 0 Å². The Morgan fingerprint density at radius 1 is 0.500 bits per heavy atom. The van der Waals surface area contributed by atoms with Crippen molar-refractivity contribution in [2.75, 3.05) is 0 Å². The lowest BCUT2D eigenvalue weighted by molar-refractivity contribution is 0.0334. The topological polar surface area (TPSA) is 49.4 Å². The first-order valence-electron chi connectivity index (χ1n) is 5.73. The van der Waals surface area contributed by atoms with Gasteiger partial charge in [0.15, 0.2) is 0 Å². The fraction of sp³-hybridized carbons (Fsp3) is 1.00. The highest BCUT2D eigenvalue weighted by Gasteiger charge is 2.54. The lowest BCUT2D eigenvalue weighted by atomic mass is 9.61. The smallest absolute Gasteiger partial charge is 0.0762 e. The van der Waals surface area contributed by atoms with Crippen molar-refractivity contribution >= 4 is 0 Å². The number of fused-ring (bicyclic) bond motifs is 2. The normalized spacial score (nSPS) is 57.7. The SMILES string of the molecule is C1C[C@H]2N=N[C@@H]1C1C2[C@@H]2CC[C@H]1N=N2. The number of nitrogens with zero attached hydrogens (tertiary/aromatic N) is 4. The van der Waals surface area contributed by atoms with E-state index in [2.05, 4.69) is 20.5 Å². The van der Waals surface area contributed by atoms with Crippen molar-refractivity contribution in [1.82, 2.24) is 0 Å². The summed E-state index contributed by atoms with van der Waals surface area (Å²) in [4.78, 5) is 0. The summed E-state index contributed by atoms with van der Waals surface area (Å²) < 4.78 is 0. The highest BCUT2D eigenvalue weighted by molar-refractivity contribution is 5.09. The number of azo groups is 2. The molecule has 0 saturated heterocycles. The summed E-state index contributed by atoms with van der Waals surface area (Å²) >= 11 is 0. The predicted molar refractivity (Wildman–Crippen MR) is 50.3 cm³/mol. The van der Waals surface area contributed by atoms with Crippen LogP contribution in [0.15, 0.2) is 20.5 Å². The Bertz CT molecular complexity index is 264. The fourth-order valence-electron chi connectivity index (χ4n) is 3.87. The third-order valence-electron chi connectivity index (χ3n) is 4.46. The summed E-state index contributed by atoms with van der Waals surface area (Å²) in [5.41, 5.74) is 0. The Labute approximate surface area is 82.9 Å². The van der Waals surface area contributed by atoms with Gasteiger partial charge in [-0.1, -0.05) is 0 Å². The van der Waals surface area contributed by atoms with Crippen molar-refractivity contribution in [3.05, 3.63) is 0 Å². The summed E-state index contributed by atoms with van der Waals surface area (Å²) in [6.07, 6.45) is 4.98. The second-order valence-corrected chi connectivity index (χ2v) is 5.04. The van der Waals surface area contributed by atoms with E-state index in [-0.39, 0.29) is 0 Å². The molecule has 6 atom stereocenters. The van der Waals surface area contributed by atoms with Crippen LogP contribution in [-0.2, 0) is 0 Å². The summed E-state index contributed by atoms with van der Waals surface area (Å²) in [5.74, 6) is 1.39. The average molecular weight is 190 g/mol. The maximum absolute atomic E-state index is 4.42. The quantitative estimate of drug-likeness (QED) is 0.562. The van der Waals surface area contributed by atoms with Gasteiger partial charge in [0.25, 0.3) is 0 Å². The van der Waals surface area contributed by atoms with Crippen LogP contribution in [0.3, 0.4) is 0 Å². The molecule has 0 spiro atoms. The summed E-state index contributed by atoms with van der Waals surface area (Å²) in [6.45, 7) is 0. The van der Waals surface area contributed by atoms with Crippen LogP contribution in [0.4, 0.5) is 0 Å². The van der Waals surface area contributed by atoms with Crippen LogP contribution in [0.5, 0.6) is 0 Å². The van der Waals surface area contributed by atoms with E-state index in [1.165, 1.54) is 25.7 Å². The van der Waals surface area contributed by atoms with Gasteiger partial charge in [-0.25, -0.2) is 0 Å². The van der Waals surface area contributed by atoms with Gasteiger partial charge in [-0.2, -0.15) is 20.5 Å². The van der Waals surface area contributed by atoms with Crippen molar-refractivity contribution in [3.8, 4) is 0 Å². The minimum atomic E-state index is 0.483. The van der Waals surface area contributed by atoms with Gasteiger partial charge in [-0.15, -0.1) is 0 Å². The minimum Gasteiger partial charge on any atom is -0.190 e. The molecule has 6 rings (SSSR count). The first kappa shape index (κ1) is 7.49. The van der Waals surface area contributed by atoms with Gasteiger partial charge in [0, 0.05) is 11.8 Å². The minimum absolute atomic E-state index is 0.483. The van der Waals surface area contributed by atoms with Gasteiger partial charge in [0.05, 0.1) is 24.2 Å². The Morgan fingerprint density at radius 2 is 0.786 bits per heavy atom. The van der Waals surface area contributed by atoms with Crippen LogP contribution in [0, 0.1) is 11.8 Å². The van der Waals surface area contributed by atoms with Crippen molar-refractivity contribution in [2.24, 2.45) is 32.3 Å². The van der Waals surface area contributed by atoms with Gasteiger partial charge in [0.1, 0.15) is 0 Å². The maximum Gasteiger partial charge on any atom is 0.0762 e. The third kappa shape index (κ3) is 0.758. The van der Waals surface area contributed by atoms with E-state index in [1.807, 2.05) is 0 Å². The van der Waals surface area contributed by atoms with Crippen molar-refractivity contribution in [2.45, 2.75) is 49.9 Å². The molecule has 14 heavy (non-hydrogen) atoms. The van der Waals surface area contributed by atoms with Crippen LogP contribution in [0.1, 0.15) is 25.7 Å². The lowest BCUT2D eigenvalue weighted by Gasteiger charge is -2.52. The van der Waals surface area contributed by atoms with Crippen LogP contribution < -0.4 is 0 Å². The molecule has 4 aliphatic heterocycles. The fourth-order valence-corrected chi connectivity index (χ4v) is 3.87. The monoisotopic (exact) mass is 190 g/mol. The zero-order valence-electron chi connectivity index (χ0n) is 8.08. The second kappa shape index (κ2) is 2.41. The van der Waals surface area contributed by atoms with Gasteiger partial charge >= 0.3 is 0 Å². The number of hydrogen-bond acceptors (Lipinski definition) is 4. The first-order valence-corrected chi connectivity index (χ1v) is 5.73. The highest BCUT2D eigenvalue weighted by atomic mass is 15.3. The van der Waals surface area contributed by atoms with Crippen molar-refractivity contribution < 1.29 is 0 Å². The first-order chi connectivity index (χ1) is 6.93. The van der Waals surface area contributed by atoms with E-state index in [0.717, 1.165) is 0 Å².